The zero-order valence-electron chi connectivity index (χ0n) is 12.0. The largest absolute Gasteiger partial charge is 0.480 e. The van der Waals surface area contributed by atoms with Crippen LogP contribution >= 0.6 is 0 Å². The molecule has 0 bridgehead atoms. The molecule has 0 spiro atoms. The van der Waals surface area contributed by atoms with E-state index in [-0.39, 0.29) is 0 Å². The van der Waals surface area contributed by atoms with Gasteiger partial charge < -0.3 is 15.7 Å². The number of urea groups is 1. The molecule has 18 heavy (non-hydrogen) atoms. The van der Waals surface area contributed by atoms with Crippen LogP contribution in [0, 0.1) is 11.3 Å². The molecular weight excluding hydrogens is 232 g/mol. The molecule has 5 nitrogen and oxygen atoms in total. The molecule has 0 aliphatic heterocycles. The molecule has 0 aromatic heterocycles. The second kappa shape index (κ2) is 7.24. The summed E-state index contributed by atoms with van der Waals surface area (Å²) in [6.45, 7) is 10.2. The lowest BCUT2D eigenvalue weighted by Gasteiger charge is -2.27. The van der Waals surface area contributed by atoms with Gasteiger partial charge in [-0.15, -0.1) is 0 Å². The molecule has 3 N–H and O–H groups in total. The van der Waals surface area contributed by atoms with Gasteiger partial charge in [-0.25, -0.2) is 9.59 Å². The third-order valence-electron chi connectivity index (χ3n) is 2.63. The van der Waals surface area contributed by atoms with E-state index in [2.05, 4.69) is 24.5 Å². The van der Waals surface area contributed by atoms with Crippen LogP contribution in [0.4, 0.5) is 4.79 Å². The zero-order chi connectivity index (χ0) is 14.3. The maximum atomic E-state index is 11.6. The van der Waals surface area contributed by atoms with Crippen molar-refractivity contribution in [3.63, 3.8) is 0 Å². The molecule has 0 fully saturated rings. The third-order valence-corrected chi connectivity index (χ3v) is 2.63. The van der Waals surface area contributed by atoms with E-state index < -0.39 is 23.5 Å². The van der Waals surface area contributed by atoms with Crippen molar-refractivity contribution < 1.29 is 14.7 Å². The summed E-state index contributed by atoms with van der Waals surface area (Å²) in [6.07, 6.45) is 1.94. The van der Waals surface area contributed by atoms with E-state index in [4.69, 9.17) is 5.11 Å². The maximum Gasteiger partial charge on any atom is 0.326 e. The minimum absolute atomic E-state index is 0.416. The van der Waals surface area contributed by atoms with Crippen molar-refractivity contribution in [2.75, 3.05) is 6.54 Å². The average Bonchev–Trinajstić information content (AvgIpc) is 2.18. The minimum atomic E-state index is -1.01. The second-order valence-electron chi connectivity index (χ2n) is 6.07. The fourth-order valence-corrected chi connectivity index (χ4v) is 1.54. The summed E-state index contributed by atoms with van der Waals surface area (Å²) in [5, 5.41) is 14.2. The monoisotopic (exact) mass is 258 g/mol. The van der Waals surface area contributed by atoms with E-state index >= 15 is 0 Å². The third kappa shape index (κ3) is 7.14. The number of amides is 2. The lowest BCUT2D eigenvalue weighted by atomic mass is 9.87. The molecule has 0 heterocycles. The first-order valence-corrected chi connectivity index (χ1v) is 6.41. The summed E-state index contributed by atoms with van der Waals surface area (Å²) in [5.74, 6) is -0.406. The van der Waals surface area contributed by atoms with Crippen LogP contribution in [0.5, 0.6) is 0 Å². The van der Waals surface area contributed by atoms with Gasteiger partial charge in [0, 0.05) is 6.54 Å². The van der Waals surface area contributed by atoms with Crippen molar-refractivity contribution in [3.05, 3.63) is 0 Å². The fourth-order valence-electron chi connectivity index (χ4n) is 1.54. The molecule has 0 aromatic rings. The summed E-state index contributed by atoms with van der Waals surface area (Å²) in [5.41, 5.74) is -0.513. The Morgan fingerprint density at radius 1 is 1.22 bits per heavy atom. The van der Waals surface area contributed by atoms with Gasteiger partial charge in [0.2, 0.25) is 0 Å². The predicted octanol–water partition coefficient (Wildman–Crippen LogP) is 2.22. The Morgan fingerprint density at radius 3 is 2.17 bits per heavy atom. The lowest BCUT2D eigenvalue weighted by molar-refractivity contribution is -0.141. The molecule has 1 atom stereocenters. The van der Waals surface area contributed by atoms with Crippen molar-refractivity contribution in [1.29, 1.82) is 0 Å². The molecule has 0 saturated carbocycles. The Kier molecular flexibility index (Phi) is 6.73. The minimum Gasteiger partial charge on any atom is -0.480 e. The summed E-state index contributed by atoms with van der Waals surface area (Å²) < 4.78 is 0. The highest BCUT2D eigenvalue weighted by Gasteiger charge is 2.32. The molecule has 0 radical (unpaired) electrons. The van der Waals surface area contributed by atoms with Crippen LogP contribution < -0.4 is 10.6 Å². The van der Waals surface area contributed by atoms with Gasteiger partial charge in [-0.05, 0) is 24.2 Å². The van der Waals surface area contributed by atoms with Crippen LogP contribution in [0.25, 0.3) is 0 Å². The molecule has 0 aliphatic rings. The molecule has 0 saturated heterocycles. The predicted molar refractivity (Wildman–Crippen MR) is 71.5 cm³/mol. The summed E-state index contributed by atoms with van der Waals surface area (Å²) >= 11 is 0. The Bertz CT molecular complexity index is 282. The highest BCUT2D eigenvalue weighted by molar-refractivity contribution is 5.83. The van der Waals surface area contributed by atoms with Crippen LogP contribution in [0.15, 0.2) is 0 Å². The summed E-state index contributed by atoms with van der Waals surface area (Å²) in [4.78, 5) is 22.6. The van der Waals surface area contributed by atoms with E-state index in [1.807, 2.05) is 0 Å². The molecule has 0 unspecified atom stereocenters. The van der Waals surface area contributed by atoms with Crippen molar-refractivity contribution >= 4 is 12.0 Å². The van der Waals surface area contributed by atoms with E-state index in [9.17, 15) is 9.59 Å². The van der Waals surface area contributed by atoms with Crippen molar-refractivity contribution in [3.8, 4) is 0 Å². The van der Waals surface area contributed by atoms with E-state index in [1.54, 1.807) is 20.8 Å². The molecular formula is C13H26N2O3. The normalized spacial score (nSPS) is 13.2. The van der Waals surface area contributed by atoms with Gasteiger partial charge in [0.25, 0.3) is 0 Å². The first kappa shape index (κ1) is 16.7. The highest BCUT2D eigenvalue weighted by Crippen LogP contribution is 2.19. The van der Waals surface area contributed by atoms with Gasteiger partial charge in [-0.2, -0.15) is 0 Å². The first-order chi connectivity index (χ1) is 8.14. The van der Waals surface area contributed by atoms with Crippen LogP contribution in [-0.4, -0.2) is 29.7 Å². The Balaban J connectivity index is 4.09. The Hall–Kier alpha value is -1.26. The number of aliphatic carboxylic acids is 1. The van der Waals surface area contributed by atoms with Gasteiger partial charge in [-0.3, -0.25) is 0 Å². The van der Waals surface area contributed by atoms with Crippen LogP contribution in [0.2, 0.25) is 0 Å². The Morgan fingerprint density at radius 2 is 1.78 bits per heavy atom. The van der Waals surface area contributed by atoms with Gasteiger partial charge >= 0.3 is 12.0 Å². The van der Waals surface area contributed by atoms with E-state index in [0.717, 1.165) is 12.8 Å². The molecule has 2 amide bonds. The number of hydrogen-bond donors (Lipinski definition) is 3. The van der Waals surface area contributed by atoms with Gasteiger partial charge in [0.15, 0.2) is 0 Å². The fraction of sp³-hybridized carbons (Fsp3) is 0.846. The number of hydrogen-bond acceptors (Lipinski definition) is 2. The van der Waals surface area contributed by atoms with Gasteiger partial charge in [0.05, 0.1) is 0 Å². The quantitative estimate of drug-likeness (QED) is 0.639. The lowest BCUT2D eigenvalue weighted by Crippen LogP contribution is -2.52. The maximum absolute atomic E-state index is 11.6. The van der Waals surface area contributed by atoms with Crippen molar-refractivity contribution in [2.24, 2.45) is 11.3 Å². The average molecular weight is 258 g/mol. The van der Waals surface area contributed by atoms with Crippen LogP contribution in [0.1, 0.15) is 47.5 Å². The second-order valence-corrected chi connectivity index (χ2v) is 6.07. The zero-order valence-corrected chi connectivity index (χ0v) is 12.0. The van der Waals surface area contributed by atoms with Gasteiger partial charge in [0.1, 0.15) is 6.04 Å². The van der Waals surface area contributed by atoms with Crippen molar-refractivity contribution in [1.82, 2.24) is 10.6 Å². The van der Waals surface area contributed by atoms with E-state index in [0.29, 0.717) is 12.5 Å². The number of carbonyl (C=O) groups excluding carboxylic acids is 1. The Labute approximate surface area is 109 Å². The SMILES string of the molecule is CC(C)CCCNC(=O)N[C@@H](C(=O)O)C(C)(C)C. The topological polar surface area (TPSA) is 78.4 Å². The molecule has 0 rings (SSSR count). The number of carbonyl (C=O) groups is 2. The number of nitrogens with one attached hydrogen (secondary N) is 2. The number of carboxylic acids is 1. The summed E-state index contributed by atoms with van der Waals surface area (Å²) in [6, 6.07) is -1.30. The van der Waals surface area contributed by atoms with E-state index in [1.165, 1.54) is 0 Å². The number of carboxylic acid groups (broad SMARTS) is 1. The van der Waals surface area contributed by atoms with Crippen LogP contribution in [0.3, 0.4) is 0 Å². The number of rotatable bonds is 6. The summed E-state index contributed by atoms with van der Waals surface area (Å²) in [7, 11) is 0. The molecule has 106 valence electrons. The first-order valence-electron chi connectivity index (χ1n) is 6.41. The molecule has 0 aromatic carbocycles. The molecule has 0 aliphatic carbocycles. The van der Waals surface area contributed by atoms with Crippen LogP contribution in [-0.2, 0) is 4.79 Å². The standard InChI is InChI=1S/C13H26N2O3/c1-9(2)7-6-8-14-12(18)15-10(11(16)17)13(3,4)5/h9-10H,6-8H2,1-5H3,(H,16,17)(H2,14,15,18)/t10-/m0/s1. The highest BCUT2D eigenvalue weighted by atomic mass is 16.4. The smallest absolute Gasteiger partial charge is 0.326 e. The van der Waals surface area contributed by atoms with Gasteiger partial charge in [-0.1, -0.05) is 34.6 Å². The molecule has 5 heteroatoms. The van der Waals surface area contributed by atoms with Crippen molar-refractivity contribution in [2.45, 2.75) is 53.5 Å².